The number of allylic oxidation sites excluding steroid dienone is 1. The van der Waals surface area contributed by atoms with Crippen molar-refractivity contribution >= 4 is 29.6 Å². The Morgan fingerprint density at radius 2 is 1.81 bits per heavy atom. The number of hydrogen-bond acceptors (Lipinski definition) is 7. The second-order valence-electron chi connectivity index (χ2n) is 9.28. The van der Waals surface area contributed by atoms with Crippen molar-refractivity contribution in [3.05, 3.63) is 48.0 Å². The van der Waals surface area contributed by atoms with Crippen LogP contribution < -0.4 is 0 Å². The van der Waals surface area contributed by atoms with Gasteiger partial charge in [-0.15, -0.1) is 11.8 Å². The van der Waals surface area contributed by atoms with Gasteiger partial charge in [-0.2, -0.15) is 0 Å². The molecule has 1 aliphatic rings. The minimum Gasteiger partial charge on any atom is -0.469 e. The number of carbonyl (C=O) groups excluding carboxylic acids is 3. The molecule has 1 fully saturated rings. The summed E-state index contributed by atoms with van der Waals surface area (Å²) < 4.78 is 9.80. The first-order valence-electron chi connectivity index (χ1n) is 10.5. The number of amides is 1. The first kappa shape index (κ1) is 25.9. The number of thioether (sulfide) groups is 1. The Bertz CT molecular complexity index is 846. The lowest BCUT2D eigenvalue weighted by Gasteiger charge is -2.33. The third kappa shape index (κ3) is 7.10. The summed E-state index contributed by atoms with van der Waals surface area (Å²) in [6.45, 7) is 9.47. The first-order chi connectivity index (χ1) is 14.8. The Morgan fingerprint density at radius 3 is 2.38 bits per heavy atom. The Labute approximate surface area is 194 Å². The van der Waals surface area contributed by atoms with E-state index in [0.29, 0.717) is 0 Å². The molecule has 2 rings (SSSR count). The summed E-state index contributed by atoms with van der Waals surface area (Å²) in [6, 6.07) is 9.27. The maximum atomic E-state index is 13.2. The standard InChI is InChI=1S/C24H33NO6S/c1-23(2,3)31-22(29)25-19(13-12-17(26)14-18(27)15-20(28)30-6)24(4,5)32-21(25)16-10-8-7-9-11-16/h7-13,18-19,21,27H,14-15H2,1-6H3/t18-,19-,21?/m0/s1. The van der Waals surface area contributed by atoms with Crippen LogP contribution in [0.2, 0.25) is 0 Å². The normalized spacial score (nSPS) is 21.4. The Hall–Kier alpha value is -2.32. The number of carbonyl (C=O) groups is 3. The van der Waals surface area contributed by atoms with Crippen LogP contribution in [-0.4, -0.2) is 57.5 Å². The van der Waals surface area contributed by atoms with Crippen LogP contribution in [0.3, 0.4) is 0 Å². The number of aliphatic hydroxyl groups excluding tert-OH is 1. The quantitative estimate of drug-likeness (QED) is 0.477. The minimum atomic E-state index is -1.12. The monoisotopic (exact) mass is 463 g/mol. The fraction of sp³-hybridized carbons (Fsp3) is 0.542. The molecule has 1 aliphatic heterocycles. The molecule has 176 valence electrons. The summed E-state index contributed by atoms with van der Waals surface area (Å²) in [7, 11) is 1.23. The van der Waals surface area contributed by atoms with E-state index in [1.807, 2.05) is 65.0 Å². The number of esters is 1. The van der Waals surface area contributed by atoms with Gasteiger partial charge in [-0.3, -0.25) is 14.5 Å². The van der Waals surface area contributed by atoms with Gasteiger partial charge < -0.3 is 14.6 Å². The number of methoxy groups -OCH3 is 1. The summed E-state index contributed by atoms with van der Waals surface area (Å²) >= 11 is 1.62. The van der Waals surface area contributed by atoms with Gasteiger partial charge in [-0.25, -0.2) is 4.79 Å². The smallest absolute Gasteiger partial charge is 0.412 e. The van der Waals surface area contributed by atoms with Gasteiger partial charge in [0, 0.05) is 11.2 Å². The molecular weight excluding hydrogens is 430 g/mol. The lowest BCUT2D eigenvalue weighted by molar-refractivity contribution is -0.143. The zero-order chi connectivity index (χ0) is 24.1. The van der Waals surface area contributed by atoms with Crippen LogP contribution in [-0.2, 0) is 19.1 Å². The molecule has 3 atom stereocenters. The van der Waals surface area contributed by atoms with Crippen molar-refractivity contribution < 1.29 is 29.0 Å². The zero-order valence-electron chi connectivity index (χ0n) is 19.5. The van der Waals surface area contributed by atoms with E-state index >= 15 is 0 Å². The number of ketones is 1. The molecule has 1 unspecified atom stereocenters. The highest BCUT2D eigenvalue weighted by Gasteiger charge is 2.50. The molecule has 1 aromatic carbocycles. The van der Waals surface area contributed by atoms with Gasteiger partial charge in [0.2, 0.25) is 0 Å². The van der Waals surface area contributed by atoms with Crippen LogP contribution in [0.1, 0.15) is 58.4 Å². The van der Waals surface area contributed by atoms with Gasteiger partial charge in [0.25, 0.3) is 0 Å². The van der Waals surface area contributed by atoms with Gasteiger partial charge in [0.05, 0.1) is 25.7 Å². The summed E-state index contributed by atoms with van der Waals surface area (Å²) in [5.41, 5.74) is 0.296. The van der Waals surface area contributed by atoms with Crippen LogP contribution in [0, 0.1) is 0 Å². The zero-order valence-corrected chi connectivity index (χ0v) is 20.3. The van der Waals surface area contributed by atoms with Gasteiger partial charge in [0.15, 0.2) is 5.78 Å². The highest BCUT2D eigenvalue weighted by atomic mass is 32.2. The molecule has 0 radical (unpaired) electrons. The Kier molecular flexibility index (Phi) is 8.54. The number of benzene rings is 1. The number of hydrogen-bond donors (Lipinski definition) is 1. The van der Waals surface area contributed by atoms with Crippen molar-refractivity contribution in [1.82, 2.24) is 4.90 Å². The molecule has 0 aromatic heterocycles. The van der Waals surface area contributed by atoms with E-state index in [-0.39, 0.29) is 24.0 Å². The summed E-state index contributed by atoms with van der Waals surface area (Å²) in [5.74, 6) is -0.918. The van der Waals surface area contributed by atoms with Crippen LogP contribution in [0.4, 0.5) is 4.79 Å². The van der Waals surface area contributed by atoms with E-state index in [1.54, 1.807) is 22.7 Å². The summed E-state index contributed by atoms with van der Waals surface area (Å²) in [4.78, 5) is 38.6. The van der Waals surface area contributed by atoms with Crippen LogP contribution >= 0.6 is 11.8 Å². The summed E-state index contributed by atoms with van der Waals surface area (Å²) in [5, 5.41) is 9.65. The van der Waals surface area contributed by atoms with Gasteiger partial charge in [0.1, 0.15) is 11.0 Å². The largest absolute Gasteiger partial charge is 0.469 e. The van der Waals surface area contributed by atoms with Crippen molar-refractivity contribution in [3.63, 3.8) is 0 Å². The first-order valence-corrected chi connectivity index (χ1v) is 11.4. The van der Waals surface area contributed by atoms with E-state index in [2.05, 4.69) is 4.74 Å². The fourth-order valence-electron chi connectivity index (χ4n) is 3.44. The maximum absolute atomic E-state index is 13.2. The third-order valence-corrected chi connectivity index (χ3v) is 6.47. The summed E-state index contributed by atoms with van der Waals surface area (Å²) in [6.07, 6.45) is 1.02. The molecule has 0 spiro atoms. The molecule has 1 amide bonds. The van der Waals surface area contributed by atoms with E-state index in [1.165, 1.54) is 13.2 Å². The lowest BCUT2D eigenvalue weighted by Crippen LogP contribution is -2.45. The predicted molar refractivity (Wildman–Crippen MR) is 124 cm³/mol. The number of aliphatic hydroxyl groups is 1. The van der Waals surface area contributed by atoms with Crippen LogP contribution in [0.5, 0.6) is 0 Å². The minimum absolute atomic E-state index is 0.208. The number of nitrogens with zero attached hydrogens (tertiary/aromatic N) is 1. The highest BCUT2D eigenvalue weighted by molar-refractivity contribution is 8.01. The maximum Gasteiger partial charge on any atom is 0.412 e. The predicted octanol–water partition coefficient (Wildman–Crippen LogP) is 4.26. The molecule has 0 saturated carbocycles. The van der Waals surface area contributed by atoms with Crippen molar-refractivity contribution in [1.29, 1.82) is 0 Å². The highest BCUT2D eigenvalue weighted by Crippen LogP contribution is 2.53. The Balaban J connectivity index is 2.28. The molecule has 0 bridgehead atoms. The van der Waals surface area contributed by atoms with Crippen molar-refractivity contribution in [2.75, 3.05) is 7.11 Å². The van der Waals surface area contributed by atoms with Crippen LogP contribution in [0.25, 0.3) is 0 Å². The number of rotatable bonds is 7. The molecule has 1 aromatic rings. The molecule has 1 N–H and O–H groups in total. The van der Waals surface area contributed by atoms with Gasteiger partial charge in [-0.05, 0) is 46.3 Å². The van der Waals surface area contributed by atoms with E-state index in [9.17, 15) is 19.5 Å². The molecule has 7 nitrogen and oxygen atoms in total. The second-order valence-corrected chi connectivity index (χ2v) is 11.0. The second kappa shape index (κ2) is 10.5. The van der Waals surface area contributed by atoms with Crippen molar-refractivity contribution in [3.8, 4) is 0 Å². The average molecular weight is 464 g/mol. The Morgan fingerprint density at radius 1 is 1.19 bits per heavy atom. The third-order valence-electron chi connectivity index (χ3n) is 4.90. The van der Waals surface area contributed by atoms with E-state index < -0.39 is 34.6 Å². The lowest BCUT2D eigenvalue weighted by atomic mass is 9.99. The fourth-order valence-corrected chi connectivity index (χ4v) is 4.97. The van der Waals surface area contributed by atoms with Gasteiger partial charge in [-0.1, -0.05) is 36.4 Å². The van der Waals surface area contributed by atoms with E-state index in [0.717, 1.165) is 5.56 Å². The van der Waals surface area contributed by atoms with Crippen molar-refractivity contribution in [2.24, 2.45) is 0 Å². The van der Waals surface area contributed by atoms with E-state index in [4.69, 9.17) is 4.74 Å². The topological polar surface area (TPSA) is 93.1 Å². The molecular formula is C24H33NO6S. The van der Waals surface area contributed by atoms with Crippen LogP contribution in [0.15, 0.2) is 42.5 Å². The number of ether oxygens (including phenoxy) is 2. The molecule has 8 heteroatoms. The van der Waals surface area contributed by atoms with Crippen molar-refractivity contribution in [2.45, 2.75) is 75.3 Å². The molecule has 1 saturated heterocycles. The molecule has 0 aliphatic carbocycles. The average Bonchev–Trinajstić information content (AvgIpc) is 2.96. The molecule has 32 heavy (non-hydrogen) atoms. The SMILES string of the molecule is COC(=O)C[C@@H](O)CC(=O)C=C[C@@H]1N(C(=O)OC(C)(C)C)C(c2ccccc2)SC1(C)C. The molecule has 1 heterocycles. The van der Waals surface area contributed by atoms with Gasteiger partial charge >= 0.3 is 12.1 Å².